The zero-order valence-electron chi connectivity index (χ0n) is 42.6. The number of rotatable bonds is 53. The first kappa shape index (κ1) is 61.4. The lowest BCUT2D eigenvalue weighted by molar-refractivity contribution is -0.161. The van der Waals surface area contributed by atoms with Gasteiger partial charge in [0, 0.05) is 12.8 Å². The van der Waals surface area contributed by atoms with Crippen molar-refractivity contribution in [3.8, 4) is 0 Å². The van der Waals surface area contributed by atoms with Crippen LogP contribution in [0.15, 0.2) is 24.3 Å². The van der Waals surface area contributed by atoms with Gasteiger partial charge >= 0.3 is 11.9 Å². The third-order valence-corrected chi connectivity index (χ3v) is 13.0. The van der Waals surface area contributed by atoms with E-state index in [1.54, 1.807) is 0 Å². The third kappa shape index (κ3) is 52.9. The smallest absolute Gasteiger partial charge is 0.306 e. The minimum absolute atomic E-state index is 0.0581. The number of hydrogen-bond donors (Lipinski definition) is 1. The van der Waals surface area contributed by atoms with Crippen molar-refractivity contribution in [1.29, 1.82) is 0 Å². The first-order chi connectivity index (χ1) is 31.1. The fourth-order valence-electron chi connectivity index (χ4n) is 8.71. The maximum Gasteiger partial charge on any atom is 0.306 e. The number of unbranched alkanes of at least 4 members (excludes halogenated alkanes) is 41. The summed E-state index contributed by atoms with van der Waals surface area (Å²) in [5.74, 6) is -0.571. The van der Waals surface area contributed by atoms with Crippen molar-refractivity contribution in [2.24, 2.45) is 0 Å². The van der Waals surface area contributed by atoms with Crippen molar-refractivity contribution in [2.75, 3.05) is 13.2 Å². The molecule has 0 amide bonds. The Morgan fingerprint density at radius 2 is 0.635 bits per heavy atom. The zero-order valence-corrected chi connectivity index (χ0v) is 42.6. The van der Waals surface area contributed by atoms with Crippen LogP contribution in [0.2, 0.25) is 0 Å². The summed E-state index contributed by atoms with van der Waals surface area (Å²) in [6.45, 7) is 4.17. The van der Waals surface area contributed by atoms with Gasteiger partial charge in [-0.1, -0.05) is 282 Å². The fourth-order valence-corrected chi connectivity index (χ4v) is 8.71. The van der Waals surface area contributed by atoms with Crippen molar-refractivity contribution in [1.82, 2.24) is 0 Å². The monoisotopic (exact) mass is 887 g/mol. The van der Waals surface area contributed by atoms with E-state index in [1.165, 1.54) is 250 Å². The summed E-state index contributed by atoms with van der Waals surface area (Å²) in [6.07, 6.45) is 68.8. The van der Waals surface area contributed by atoms with Crippen molar-refractivity contribution in [2.45, 2.75) is 322 Å². The van der Waals surface area contributed by atoms with Gasteiger partial charge in [0.15, 0.2) is 6.10 Å². The molecule has 5 nitrogen and oxygen atoms in total. The Morgan fingerprint density at radius 1 is 0.365 bits per heavy atom. The Kier molecular flexibility index (Phi) is 53.3. The molecule has 372 valence electrons. The molecule has 0 bridgehead atoms. The number of ether oxygens (including phenoxy) is 2. The van der Waals surface area contributed by atoms with E-state index in [0.717, 1.165) is 38.5 Å². The van der Waals surface area contributed by atoms with E-state index in [4.69, 9.17) is 9.47 Å². The molecule has 5 heteroatoms. The summed E-state index contributed by atoms with van der Waals surface area (Å²) in [5, 5.41) is 9.62. The Balaban J connectivity index is 3.37. The largest absolute Gasteiger partial charge is 0.462 e. The molecule has 0 saturated carbocycles. The second kappa shape index (κ2) is 54.7. The van der Waals surface area contributed by atoms with E-state index in [1.807, 2.05) is 0 Å². The van der Waals surface area contributed by atoms with Crippen LogP contribution >= 0.6 is 0 Å². The predicted molar refractivity (Wildman–Crippen MR) is 275 cm³/mol. The molecular weight excluding hydrogens is 777 g/mol. The van der Waals surface area contributed by atoms with Crippen LogP contribution in [0.4, 0.5) is 0 Å². The summed E-state index contributed by atoms with van der Waals surface area (Å²) in [6, 6.07) is 0. The minimum Gasteiger partial charge on any atom is -0.462 e. The van der Waals surface area contributed by atoms with Crippen molar-refractivity contribution >= 4 is 11.9 Å². The van der Waals surface area contributed by atoms with E-state index in [2.05, 4.69) is 38.2 Å². The second-order valence-corrected chi connectivity index (χ2v) is 19.4. The number of carbonyl (C=O) groups is 2. The number of esters is 2. The number of aliphatic hydroxyl groups excluding tert-OH is 1. The molecule has 0 rings (SSSR count). The molecule has 1 unspecified atom stereocenters. The molecule has 0 aliphatic carbocycles. The van der Waals surface area contributed by atoms with Crippen LogP contribution in [0.5, 0.6) is 0 Å². The van der Waals surface area contributed by atoms with Gasteiger partial charge in [0.25, 0.3) is 0 Å². The van der Waals surface area contributed by atoms with Crippen LogP contribution in [-0.4, -0.2) is 36.4 Å². The van der Waals surface area contributed by atoms with Crippen LogP contribution in [0, 0.1) is 0 Å². The molecule has 0 saturated heterocycles. The summed E-state index contributed by atoms with van der Waals surface area (Å²) in [5.41, 5.74) is 0. The summed E-state index contributed by atoms with van der Waals surface area (Å²) in [4.78, 5) is 24.4. The van der Waals surface area contributed by atoms with Gasteiger partial charge in [-0.05, 0) is 44.9 Å². The highest BCUT2D eigenvalue weighted by atomic mass is 16.6. The molecule has 1 atom stereocenters. The highest BCUT2D eigenvalue weighted by molar-refractivity contribution is 5.70. The van der Waals surface area contributed by atoms with E-state index >= 15 is 0 Å². The summed E-state index contributed by atoms with van der Waals surface area (Å²) < 4.78 is 10.7. The third-order valence-electron chi connectivity index (χ3n) is 13.0. The molecule has 0 radical (unpaired) electrons. The van der Waals surface area contributed by atoms with Crippen LogP contribution in [-0.2, 0) is 19.1 Å². The van der Waals surface area contributed by atoms with E-state index in [9.17, 15) is 14.7 Å². The maximum absolute atomic E-state index is 12.3. The number of aliphatic hydroxyl groups is 1. The Bertz CT molecular complexity index is 959. The molecular formula is C58H110O5. The average Bonchev–Trinajstić information content (AvgIpc) is 3.29. The van der Waals surface area contributed by atoms with Crippen LogP contribution in [0.1, 0.15) is 316 Å². The van der Waals surface area contributed by atoms with Gasteiger partial charge in [0.05, 0.1) is 6.61 Å². The Morgan fingerprint density at radius 3 is 0.937 bits per heavy atom. The van der Waals surface area contributed by atoms with Gasteiger partial charge in [0.2, 0.25) is 0 Å². The van der Waals surface area contributed by atoms with E-state index in [0.29, 0.717) is 12.8 Å². The molecule has 1 N–H and O–H groups in total. The van der Waals surface area contributed by atoms with Crippen LogP contribution < -0.4 is 0 Å². The normalized spacial score (nSPS) is 12.2. The lowest BCUT2D eigenvalue weighted by Crippen LogP contribution is -2.28. The predicted octanol–water partition coefficient (Wildman–Crippen LogP) is 18.9. The zero-order chi connectivity index (χ0) is 45.6. The van der Waals surface area contributed by atoms with E-state index in [-0.39, 0.29) is 25.2 Å². The van der Waals surface area contributed by atoms with Gasteiger partial charge < -0.3 is 14.6 Å². The molecule has 0 spiro atoms. The average molecular weight is 888 g/mol. The molecule has 0 aliphatic heterocycles. The summed E-state index contributed by atoms with van der Waals surface area (Å²) in [7, 11) is 0. The van der Waals surface area contributed by atoms with Gasteiger partial charge in [-0.3, -0.25) is 9.59 Å². The molecule has 63 heavy (non-hydrogen) atoms. The second-order valence-electron chi connectivity index (χ2n) is 19.4. The maximum atomic E-state index is 12.3. The highest BCUT2D eigenvalue weighted by Crippen LogP contribution is 2.17. The molecule has 0 aromatic rings. The van der Waals surface area contributed by atoms with Gasteiger partial charge in [-0.15, -0.1) is 0 Å². The van der Waals surface area contributed by atoms with E-state index < -0.39 is 6.10 Å². The highest BCUT2D eigenvalue weighted by Gasteiger charge is 2.16. The fraction of sp³-hybridized carbons (Fsp3) is 0.897. The van der Waals surface area contributed by atoms with Crippen molar-refractivity contribution in [3.63, 3.8) is 0 Å². The number of allylic oxidation sites excluding steroid dienone is 4. The quantitative estimate of drug-likeness (QED) is 0.0374. The van der Waals surface area contributed by atoms with Gasteiger partial charge in [0.1, 0.15) is 6.61 Å². The molecule has 0 heterocycles. The lowest BCUT2D eigenvalue weighted by Gasteiger charge is -2.15. The van der Waals surface area contributed by atoms with Crippen LogP contribution in [0.3, 0.4) is 0 Å². The lowest BCUT2D eigenvalue weighted by atomic mass is 10.0. The number of hydrogen-bond acceptors (Lipinski definition) is 5. The van der Waals surface area contributed by atoms with Gasteiger partial charge in [-0.2, -0.15) is 0 Å². The first-order valence-corrected chi connectivity index (χ1v) is 28.4. The molecule has 0 aromatic heterocycles. The molecule has 0 aliphatic rings. The molecule has 0 aromatic carbocycles. The van der Waals surface area contributed by atoms with Crippen LogP contribution in [0.25, 0.3) is 0 Å². The standard InChI is InChI=1S/C58H110O5/c1-3-5-7-9-11-13-15-17-19-20-21-22-23-24-25-26-27-28-29-30-31-32-33-34-35-36-37-38-39-41-43-45-47-49-51-53-58(61)63-56(54-59)55-62-57(60)52-50-48-46-44-42-40-18-16-14-12-10-8-6-4-2/h15,17,20-21,56,59H,3-14,16,18-19,22-55H2,1-2H3/b17-15-,21-20-. The molecule has 0 fully saturated rings. The Hall–Kier alpha value is -1.62. The SMILES string of the molecule is CCCCCCC/C=C\C/C=C\CCCCCCCCCCCCCCCCCCCCCCCCCC(=O)OC(CO)COC(=O)CCCCCCCCCCCCCCCC. The first-order valence-electron chi connectivity index (χ1n) is 28.4. The Labute approximate surface area is 394 Å². The topological polar surface area (TPSA) is 72.8 Å². The minimum atomic E-state index is -0.765. The summed E-state index contributed by atoms with van der Waals surface area (Å²) >= 11 is 0. The van der Waals surface area contributed by atoms with Gasteiger partial charge in [-0.25, -0.2) is 0 Å². The van der Waals surface area contributed by atoms with Crippen molar-refractivity contribution in [3.05, 3.63) is 24.3 Å². The number of carbonyl (C=O) groups excluding carboxylic acids is 2. The van der Waals surface area contributed by atoms with Crippen molar-refractivity contribution < 1.29 is 24.2 Å².